The Morgan fingerprint density at radius 1 is 1.31 bits per heavy atom. The van der Waals surface area contributed by atoms with Crippen LogP contribution in [-0.4, -0.2) is 16.7 Å². The number of aliphatic hydroxyl groups is 1. The van der Waals surface area contributed by atoms with Crippen molar-refractivity contribution >= 4 is 10.9 Å². The Balaban J connectivity index is 2.48. The first-order valence-electron chi connectivity index (χ1n) is 4.49. The number of aromatic nitrogens is 1. The number of aromatic amines is 1. The SMILES string of the molecule is Cc1cc2cc(CCO)ccc2[nH]1. The van der Waals surface area contributed by atoms with E-state index in [-0.39, 0.29) is 6.61 Å². The fourth-order valence-corrected chi connectivity index (χ4v) is 1.61. The molecule has 0 radical (unpaired) electrons. The standard InChI is InChI=1S/C11H13NO/c1-8-6-10-7-9(4-5-13)2-3-11(10)12-8/h2-3,6-7,12-13H,4-5H2,1H3. The van der Waals surface area contributed by atoms with Gasteiger partial charge >= 0.3 is 0 Å². The van der Waals surface area contributed by atoms with Crippen LogP contribution in [-0.2, 0) is 6.42 Å². The molecule has 0 atom stereocenters. The molecule has 0 aliphatic rings. The molecular weight excluding hydrogens is 162 g/mol. The van der Waals surface area contributed by atoms with Crippen molar-refractivity contribution in [1.82, 2.24) is 4.98 Å². The van der Waals surface area contributed by atoms with Gasteiger partial charge in [0.15, 0.2) is 0 Å². The minimum absolute atomic E-state index is 0.217. The summed E-state index contributed by atoms with van der Waals surface area (Å²) in [5, 5.41) is 10.0. The summed E-state index contributed by atoms with van der Waals surface area (Å²) in [6.45, 7) is 2.26. The van der Waals surface area contributed by atoms with Gasteiger partial charge in [-0.1, -0.05) is 6.07 Å². The maximum Gasteiger partial charge on any atom is 0.0471 e. The molecule has 0 bridgehead atoms. The van der Waals surface area contributed by atoms with Crippen LogP contribution in [0.2, 0.25) is 0 Å². The summed E-state index contributed by atoms with van der Waals surface area (Å²) in [6, 6.07) is 8.35. The topological polar surface area (TPSA) is 36.0 Å². The molecule has 0 fully saturated rings. The summed E-state index contributed by atoms with van der Waals surface area (Å²) in [4.78, 5) is 3.27. The third kappa shape index (κ3) is 1.58. The minimum atomic E-state index is 0.217. The maximum atomic E-state index is 8.79. The molecule has 0 saturated heterocycles. The van der Waals surface area contributed by atoms with Crippen molar-refractivity contribution in [2.45, 2.75) is 13.3 Å². The Kier molecular flexibility index (Phi) is 2.07. The van der Waals surface area contributed by atoms with Crippen molar-refractivity contribution in [3.63, 3.8) is 0 Å². The molecule has 68 valence electrons. The van der Waals surface area contributed by atoms with E-state index in [1.165, 1.54) is 22.2 Å². The summed E-state index contributed by atoms with van der Waals surface area (Å²) < 4.78 is 0. The lowest BCUT2D eigenvalue weighted by atomic mass is 10.1. The van der Waals surface area contributed by atoms with Crippen LogP contribution < -0.4 is 0 Å². The third-order valence-electron chi connectivity index (χ3n) is 2.22. The number of rotatable bonds is 2. The normalized spacial score (nSPS) is 10.9. The number of aryl methyl sites for hydroxylation is 1. The number of H-pyrrole nitrogens is 1. The zero-order valence-electron chi connectivity index (χ0n) is 7.67. The van der Waals surface area contributed by atoms with E-state index >= 15 is 0 Å². The van der Waals surface area contributed by atoms with Gasteiger partial charge in [0.25, 0.3) is 0 Å². The fourth-order valence-electron chi connectivity index (χ4n) is 1.61. The van der Waals surface area contributed by atoms with Crippen LogP contribution in [0.1, 0.15) is 11.3 Å². The number of fused-ring (bicyclic) bond motifs is 1. The Morgan fingerprint density at radius 3 is 2.92 bits per heavy atom. The first-order chi connectivity index (χ1) is 6.29. The summed E-state index contributed by atoms with van der Waals surface area (Å²) >= 11 is 0. The van der Waals surface area contributed by atoms with Gasteiger partial charge in [-0.25, -0.2) is 0 Å². The van der Waals surface area contributed by atoms with Crippen LogP contribution in [0.5, 0.6) is 0 Å². The molecule has 0 spiro atoms. The molecule has 1 heterocycles. The number of aliphatic hydroxyl groups excluding tert-OH is 1. The molecule has 0 aliphatic carbocycles. The second-order valence-corrected chi connectivity index (χ2v) is 3.35. The molecule has 2 heteroatoms. The van der Waals surface area contributed by atoms with Crippen LogP contribution in [0.15, 0.2) is 24.3 Å². The van der Waals surface area contributed by atoms with Crippen molar-refractivity contribution in [2.24, 2.45) is 0 Å². The molecule has 0 saturated carbocycles. The molecule has 2 N–H and O–H groups in total. The zero-order chi connectivity index (χ0) is 9.26. The highest BCUT2D eigenvalue weighted by molar-refractivity contribution is 5.81. The van der Waals surface area contributed by atoms with E-state index in [4.69, 9.17) is 5.11 Å². The van der Waals surface area contributed by atoms with E-state index in [0.717, 1.165) is 6.42 Å². The number of nitrogens with one attached hydrogen (secondary N) is 1. The highest BCUT2D eigenvalue weighted by Crippen LogP contribution is 2.16. The molecule has 1 aromatic carbocycles. The Morgan fingerprint density at radius 2 is 2.15 bits per heavy atom. The molecule has 2 aromatic rings. The molecule has 0 amide bonds. The minimum Gasteiger partial charge on any atom is -0.396 e. The van der Waals surface area contributed by atoms with Crippen LogP contribution in [0.25, 0.3) is 10.9 Å². The van der Waals surface area contributed by atoms with E-state index in [0.29, 0.717) is 0 Å². The number of hydrogen-bond donors (Lipinski definition) is 2. The highest BCUT2D eigenvalue weighted by atomic mass is 16.2. The van der Waals surface area contributed by atoms with Crippen molar-refractivity contribution in [3.8, 4) is 0 Å². The van der Waals surface area contributed by atoms with Gasteiger partial charge in [-0.15, -0.1) is 0 Å². The smallest absolute Gasteiger partial charge is 0.0471 e. The van der Waals surface area contributed by atoms with Crippen molar-refractivity contribution in [1.29, 1.82) is 0 Å². The zero-order valence-corrected chi connectivity index (χ0v) is 7.67. The van der Waals surface area contributed by atoms with Crippen LogP contribution in [0.3, 0.4) is 0 Å². The van der Waals surface area contributed by atoms with Gasteiger partial charge < -0.3 is 10.1 Å². The van der Waals surface area contributed by atoms with Gasteiger partial charge in [0, 0.05) is 17.8 Å². The Hall–Kier alpha value is -1.28. The summed E-state index contributed by atoms with van der Waals surface area (Å²) in [7, 11) is 0. The van der Waals surface area contributed by atoms with E-state index < -0.39 is 0 Å². The summed E-state index contributed by atoms with van der Waals surface area (Å²) in [5.74, 6) is 0. The first kappa shape index (κ1) is 8.32. The molecule has 13 heavy (non-hydrogen) atoms. The number of benzene rings is 1. The molecule has 2 nitrogen and oxygen atoms in total. The number of hydrogen-bond acceptors (Lipinski definition) is 1. The lowest BCUT2D eigenvalue weighted by molar-refractivity contribution is 0.299. The Bertz CT molecular complexity index is 417. The summed E-state index contributed by atoms with van der Waals surface area (Å²) in [6.07, 6.45) is 0.736. The molecular formula is C11H13NO. The van der Waals surface area contributed by atoms with E-state index in [2.05, 4.69) is 29.2 Å². The second kappa shape index (κ2) is 3.23. The highest BCUT2D eigenvalue weighted by Gasteiger charge is 1.98. The van der Waals surface area contributed by atoms with Crippen LogP contribution >= 0.6 is 0 Å². The van der Waals surface area contributed by atoms with E-state index in [9.17, 15) is 0 Å². The second-order valence-electron chi connectivity index (χ2n) is 3.35. The van der Waals surface area contributed by atoms with Crippen molar-refractivity contribution in [3.05, 3.63) is 35.5 Å². The van der Waals surface area contributed by atoms with Gasteiger partial charge in [0.1, 0.15) is 0 Å². The van der Waals surface area contributed by atoms with Crippen molar-refractivity contribution in [2.75, 3.05) is 6.61 Å². The van der Waals surface area contributed by atoms with Crippen molar-refractivity contribution < 1.29 is 5.11 Å². The molecule has 0 aliphatic heterocycles. The summed E-state index contributed by atoms with van der Waals surface area (Å²) in [5.41, 5.74) is 3.53. The molecule has 1 aromatic heterocycles. The molecule has 0 unspecified atom stereocenters. The largest absolute Gasteiger partial charge is 0.396 e. The predicted molar refractivity (Wildman–Crippen MR) is 53.8 cm³/mol. The van der Waals surface area contributed by atoms with E-state index in [1.54, 1.807) is 0 Å². The fraction of sp³-hybridized carbons (Fsp3) is 0.273. The average Bonchev–Trinajstić information content (AvgIpc) is 2.44. The lowest BCUT2D eigenvalue weighted by Gasteiger charge is -1.97. The molecule has 2 rings (SSSR count). The van der Waals surface area contributed by atoms with Gasteiger partial charge in [-0.2, -0.15) is 0 Å². The van der Waals surface area contributed by atoms with Gasteiger partial charge in [-0.05, 0) is 42.5 Å². The lowest BCUT2D eigenvalue weighted by Crippen LogP contribution is -1.89. The first-order valence-corrected chi connectivity index (χ1v) is 4.49. The average molecular weight is 175 g/mol. The quantitative estimate of drug-likeness (QED) is 0.719. The van der Waals surface area contributed by atoms with Crippen LogP contribution in [0.4, 0.5) is 0 Å². The maximum absolute atomic E-state index is 8.79. The predicted octanol–water partition coefficient (Wildman–Crippen LogP) is 2.01. The van der Waals surface area contributed by atoms with Gasteiger partial charge in [-0.3, -0.25) is 0 Å². The monoisotopic (exact) mass is 175 g/mol. The van der Waals surface area contributed by atoms with Gasteiger partial charge in [0.05, 0.1) is 0 Å². The Labute approximate surface area is 77.2 Å². The van der Waals surface area contributed by atoms with Gasteiger partial charge in [0.2, 0.25) is 0 Å². The van der Waals surface area contributed by atoms with Crippen LogP contribution in [0, 0.1) is 6.92 Å². The van der Waals surface area contributed by atoms with E-state index in [1.807, 2.05) is 6.92 Å². The third-order valence-corrected chi connectivity index (χ3v) is 2.22.